The van der Waals surface area contributed by atoms with Gasteiger partial charge in [0.15, 0.2) is 0 Å². The van der Waals surface area contributed by atoms with Gasteiger partial charge in [0.05, 0.1) is 19.1 Å². The third-order valence-electron chi connectivity index (χ3n) is 12.1. The number of nitrogens with two attached hydrogens (primary N) is 1. The summed E-state index contributed by atoms with van der Waals surface area (Å²) in [6.45, 7) is 7.70. The van der Waals surface area contributed by atoms with Gasteiger partial charge in [0.1, 0.15) is 35.5 Å². The van der Waals surface area contributed by atoms with Crippen molar-refractivity contribution in [1.29, 1.82) is 0 Å². The Hall–Kier alpha value is -7.02. The number of rotatable bonds is 19. The molecule has 0 unspecified atom stereocenters. The van der Waals surface area contributed by atoms with Crippen molar-refractivity contribution in [3.05, 3.63) is 162 Å². The summed E-state index contributed by atoms with van der Waals surface area (Å²) in [7, 11) is 1.54. The maximum absolute atomic E-state index is 14.6. The van der Waals surface area contributed by atoms with Crippen molar-refractivity contribution in [2.75, 3.05) is 13.7 Å². The minimum absolute atomic E-state index is 0.0348. The Morgan fingerprint density at radius 3 is 1.91 bits per heavy atom. The number of hydrogen-bond acceptors (Lipinski definition) is 7. The third-order valence-corrected chi connectivity index (χ3v) is 12.1. The maximum Gasteiger partial charge on any atom is 0.246 e. The van der Waals surface area contributed by atoms with Crippen LogP contribution < -0.4 is 26.4 Å². The van der Waals surface area contributed by atoms with E-state index < -0.39 is 59.2 Å². The van der Waals surface area contributed by atoms with Gasteiger partial charge in [-0.15, -0.1) is 0 Å². The molecule has 1 aliphatic heterocycles. The summed E-state index contributed by atoms with van der Waals surface area (Å²) in [5, 5.41) is 8.71. The average Bonchev–Trinajstić information content (AvgIpc) is 4.01. The Balaban J connectivity index is 1.34. The van der Waals surface area contributed by atoms with Gasteiger partial charge in [-0.2, -0.15) is 0 Å². The number of nitrogens with zero attached hydrogens (tertiary/aromatic N) is 3. The Morgan fingerprint density at radius 1 is 0.797 bits per heavy atom. The summed E-state index contributed by atoms with van der Waals surface area (Å²) in [6.07, 6.45) is 8.11. The molecule has 5 aromatic rings. The van der Waals surface area contributed by atoms with E-state index in [1.165, 1.54) is 11.0 Å². The highest BCUT2D eigenvalue weighted by molar-refractivity contribution is 5.98. The number of para-hydroxylation sites is 1. The fourth-order valence-corrected chi connectivity index (χ4v) is 8.46. The first-order valence-corrected chi connectivity index (χ1v) is 21.9. The maximum atomic E-state index is 14.6. The summed E-state index contributed by atoms with van der Waals surface area (Å²) in [5.41, 5.74) is 8.88. The van der Waals surface area contributed by atoms with Gasteiger partial charge in [0, 0.05) is 30.8 Å². The molecule has 0 saturated carbocycles. The summed E-state index contributed by atoms with van der Waals surface area (Å²) in [5.74, 6) is -2.87. The molecule has 64 heavy (non-hydrogen) atoms. The quantitative estimate of drug-likeness (QED) is 0.0615. The lowest BCUT2D eigenvalue weighted by atomic mass is 9.77. The van der Waals surface area contributed by atoms with E-state index in [-0.39, 0.29) is 18.3 Å². The zero-order valence-electron chi connectivity index (χ0n) is 37.1. The van der Waals surface area contributed by atoms with Gasteiger partial charge in [-0.3, -0.25) is 24.0 Å². The first kappa shape index (κ1) is 46.5. The third kappa shape index (κ3) is 10.4. The van der Waals surface area contributed by atoms with Gasteiger partial charge in [-0.05, 0) is 53.5 Å². The number of carbonyl (C=O) groups is 5. The lowest BCUT2D eigenvalue weighted by Crippen LogP contribution is -2.60. The molecule has 6 rings (SSSR count). The predicted molar refractivity (Wildman–Crippen MR) is 247 cm³/mol. The van der Waals surface area contributed by atoms with Crippen molar-refractivity contribution in [3.8, 4) is 5.75 Å². The minimum atomic E-state index is -1.19. The summed E-state index contributed by atoms with van der Waals surface area (Å²) < 4.78 is 7.49. The van der Waals surface area contributed by atoms with Crippen LogP contribution in [0.3, 0.4) is 0 Å². The highest BCUT2D eigenvalue weighted by Gasteiger charge is 2.41. The Kier molecular flexibility index (Phi) is 15.5. The molecule has 5 atom stereocenters. The van der Waals surface area contributed by atoms with Gasteiger partial charge in [0.25, 0.3) is 0 Å². The van der Waals surface area contributed by atoms with Crippen molar-refractivity contribution < 1.29 is 28.7 Å². The van der Waals surface area contributed by atoms with Crippen LogP contribution in [0.25, 0.3) is 6.08 Å². The second-order valence-corrected chi connectivity index (χ2v) is 16.6. The van der Waals surface area contributed by atoms with Crippen LogP contribution in [-0.4, -0.2) is 81.8 Å². The zero-order valence-corrected chi connectivity index (χ0v) is 37.1. The average molecular weight is 866 g/mol. The number of ether oxygens (including phenoxy) is 1. The van der Waals surface area contributed by atoms with Crippen molar-refractivity contribution >= 4 is 35.6 Å². The first-order valence-electron chi connectivity index (χ1n) is 21.9. The molecule has 13 nitrogen and oxygen atoms in total. The molecule has 1 saturated heterocycles. The number of hydrogen-bond donors (Lipinski definition) is 4. The summed E-state index contributed by atoms with van der Waals surface area (Å²) >= 11 is 0. The molecule has 5 amide bonds. The molecule has 334 valence electrons. The zero-order chi connectivity index (χ0) is 45.8. The van der Waals surface area contributed by atoms with Gasteiger partial charge in [0.2, 0.25) is 29.5 Å². The second-order valence-electron chi connectivity index (χ2n) is 16.6. The van der Waals surface area contributed by atoms with Crippen LogP contribution in [0, 0.1) is 11.8 Å². The van der Waals surface area contributed by atoms with E-state index in [1.54, 1.807) is 45.5 Å². The van der Waals surface area contributed by atoms with E-state index in [4.69, 9.17) is 15.5 Å². The number of methoxy groups -OCH3 is 1. The van der Waals surface area contributed by atoms with Crippen molar-refractivity contribution in [2.24, 2.45) is 17.6 Å². The molecule has 0 aliphatic carbocycles. The van der Waals surface area contributed by atoms with Crippen molar-refractivity contribution in [1.82, 2.24) is 30.4 Å². The SMILES string of the molecule is CC[C@H](C)[C@H](NC(=O)[C@H](Cc1cn(C(c2ccccc2)(c2ccccc2)c2ccccc2)cn1)NC(=O)/C=C/c1ccccc1OC)C(=O)N[C@H](C(=O)N1CCC[C@H]1C(N)=O)C(C)C. The molecule has 0 spiro atoms. The van der Waals surface area contributed by atoms with Gasteiger partial charge in [-0.1, -0.05) is 143 Å². The van der Waals surface area contributed by atoms with E-state index in [2.05, 4.69) is 52.3 Å². The van der Waals surface area contributed by atoms with Crippen LogP contribution in [0.15, 0.2) is 134 Å². The lowest BCUT2D eigenvalue weighted by molar-refractivity contribution is -0.142. The van der Waals surface area contributed by atoms with Crippen LogP contribution in [0.5, 0.6) is 5.75 Å². The van der Waals surface area contributed by atoms with Crippen LogP contribution in [-0.2, 0) is 35.9 Å². The van der Waals surface area contributed by atoms with E-state index in [9.17, 15) is 24.0 Å². The smallest absolute Gasteiger partial charge is 0.246 e. The largest absolute Gasteiger partial charge is 0.496 e. The Morgan fingerprint density at radius 2 is 1.36 bits per heavy atom. The van der Waals surface area contributed by atoms with Crippen molar-refractivity contribution in [2.45, 2.75) is 83.1 Å². The molecule has 1 fully saturated rings. The number of imidazole rings is 1. The van der Waals surface area contributed by atoms with E-state index in [1.807, 2.05) is 91.3 Å². The molecular weight excluding hydrogens is 807 g/mol. The molecule has 0 radical (unpaired) electrons. The van der Waals surface area contributed by atoms with Crippen LogP contribution in [0.4, 0.5) is 0 Å². The topological polar surface area (TPSA) is 178 Å². The molecule has 1 aromatic heterocycles. The Labute approximate surface area is 375 Å². The number of benzene rings is 4. The van der Waals surface area contributed by atoms with Crippen molar-refractivity contribution in [3.63, 3.8) is 0 Å². The highest BCUT2D eigenvalue weighted by atomic mass is 16.5. The number of aromatic nitrogens is 2. The standard InChI is InChI=1S/C51H59N7O6/c1-6-35(4)46(49(62)55-45(34(2)3)50(63)58-30-18-26-42(58)47(52)60)56-48(61)41(54-44(59)29-28-36-19-16-17-27-43(36)64-5)31-40-32-57(33-53-40)51(37-20-10-7-11-21-37,38-22-12-8-13-23-38)39-24-14-9-15-25-39/h7-17,19-25,27-29,32-35,41-42,45-46H,6,18,26,30-31H2,1-5H3,(H2,52,60)(H,54,59)(H,55,62)(H,56,61)/b29-28+/t35-,41-,42-,45-,46-/m0/s1. The fourth-order valence-electron chi connectivity index (χ4n) is 8.46. The van der Waals surface area contributed by atoms with Crippen LogP contribution >= 0.6 is 0 Å². The molecule has 4 aromatic carbocycles. The molecule has 0 bridgehead atoms. The summed E-state index contributed by atoms with van der Waals surface area (Å²) in [6, 6.07) is 33.6. The number of primary amides is 1. The first-order chi connectivity index (χ1) is 30.9. The molecule has 13 heteroatoms. The molecule has 2 heterocycles. The monoisotopic (exact) mass is 865 g/mol. The van der Waals surface area contributed by atoms with Crippen LogP contribution in [0.2, 0.25) is 0 Å². The number of likely N-dealkylation sites (tertiary alicyclic amines) is 1. The van der Waals surface area contributed by atoms with Crippen LogP contribution in [0.1, 0.15) is 74.9 Å². The van der Waals surface area contributed by atoms with Gasteiger partial charge >= 0.3 is 0 Å². The molecule has 5 N–H and O–H groups in total. The normalized spacial score (nSPS) is 15.8. The van der Waals surface area contributed by atoms with E-state index in [0.29, 0.717) is 42.8 Å². The van der Waals surface area contributed by atoms with Gasteiger partial charge in [-0.25, -0.2) is 4.98 Å². The minimum Gasteiger partial charge on any atom is -0.496 e. The number of amides is 5. The van der Waals surface area contributed by atoms with Gasteiger partial charge < -0.3 is 35.9 Å². The molecular formula is C51H59N7O6. The predicted octanol–water partition coefficient (Wildman–Crippen LogP) is 5.62. The van der Waals surface area contributed by atoms with E-state index in [0.717, 1.165) is 16.7 Å². The summed E-state index contributed by atoms with van der Waals surface area (Å²) in [4.78, 5) is 75.0. The molecule has 1 aliphatic rings. The fraction of sp³-hybridized carbons (Fsp3) is 0.333. The van der Waals surface area contributed by atoms with E-state index >= 15 is 0 Å². The number of nitrogens with one attached hydrogen (secondary N) is 3. The Bertz CT molecular complexity index is 2300. The lowest BCUT2D eigenvalue weighted by Gasteiger charge is -2.37. The number of carbonyl (C=O) groups excluding carboxylic acids is 5. The second kappa shape index (κ2) is 21.4. The highest BCUT2D eigenvalue weighted by Crippen LogP contribution is 2.41.